The Morgan fingerprint density at radius 3 is 2.47 bits per heavy atom. The zero-order chi connectivity index (χ0) is 14.4. The largest absolute Gasteiger partial charge is 0.350 e. The molecule has 0 atom stereocenters. The van der Waals surface area contributed by atoms with Gasteiger partial charge in [0.15, 0.2) is 0 Å². The van der Waals surface area contributed by atoms with E-state index in [0.29, 0.717) is 31.7 Å². The maximum atomic E-state index is 11.9. The van der Waals surface area contributed by atoms with Crippen molar-refractivity contribution in [1.29, 1.82) is 0 Å². The molecule has 0 aromatic carbocycles. The van der Waals surface area contributed by atoms with Gasteiger partial charge >= 0.3 is 0 Å². The van der Waals surface area contributed by atoms with Gasteiger partial charge < -0.3 is 14.8 Å². The molecule has 106 valence electrons. The molecule has 5 nitrogen and oxygen atoms in total. The van der Waals surface area contributed by atoms with Gasteiger partial charge in [0.25, 0.3) is 5.91 Å². The number of carbonyl (C=O) groups is 2. The highest BCUT2D eigenvalue weighted by Crippen LogP contribution is 2.13. The first-order chi connectivity index (χ1) is 8.99. The highest BCUT2D eigenvalue weighted by molar-refractivity contribution is 9.10. The third-order valence-electron chi connectivity index (χ3n) is 2.94. The molecule has 1 heterocycles. The molecule has 1 rings (SSSR count). The number of hydrogen-bond acceptors (Lipinski definition) is 2. The van der Waals surface area contributed by atoms with Crippen molar-refractivity contribution in [3.63, 3.8) is 0 Å². The molecule has 0 aliphatic rings. The van der Waals surface area contributed by atoms with Crippen LogP contribution in [0.5, 0.6) is 0 Å². The van der Waals surface area contributed by atoms with E-state index in [0.717, 1.165) is 4.47 Å². The maximum Gasteiger partial charge on any atom is 0.267 e. The summed E-state index contributed by atoms with van der Waals surface area (Å²) in [6.07, 6.45) is 2.15. The van der Waals surface area contributed by atoms with Crippen LogP contribution in [0.3, 0.4) is 0 Å². The van der Waals surface area contributed by atoms with Crippen LogP contribution in [0.15, 0.2) is 16.7 Å². The molecule has 0 aliphatic heterocycles. The SMILES string of the molecule is CCN(CC)C(=O)CCNC(=O)c1cc(Br)cn1C. The highest BCUT2D eigenvalue weighted by atomic mass is 79.9. The fraction of sp³-hybridized carbons (Fsp3) is 0.538. The van der Waals surface area contributed by atoms with Crippen LogP contribution in [-0.4, -0.2) is 40.9 Å². The average Bonchev–Trinajstić information content (AvgIpc) is 2.70. The minimum atomic E-state index is -0.166. The van der Waals surface area contributed by atoms with Crippen molar-refractivity contribution in [1.82, 2.24) is 14.8 Å². The van der Waals surface area contributed by atoms with E-state index in [1.165, 1.54) is 0 Å². The summed E-state index contributed by atoms with van der Waals surface area (Å²) in [4.78, 5) is 25.4. The minimum absolute atomic E-state index is 0.0679. The van der Waals surface area contributed by atoms with Crippen LogP contribution in [0.2, 0.25) is 0 Å². The molecular formula is C13H20BrN3O2. The number of nitrogens with one attached hydrogen (secondary N) is 1. The molecule has 0 saturated heterocycles. The fourth-order valence-electron chi connectivity index (χ4n) is 1.86. The second-order valence-electron chi connectivity index (χ2n) is 4.23. The zero-order valence-corrected chi connectivity index (χ0v) is 13.2. The Morgan fingerprint density at radius 2 is 2.00 bits per heavy atom. The standard InChI is InChI=1S/C13H20BrN3O2/c1-4-17(5-2)12(18)6-7-15-13(19)11-8-10(14)9-16(11)3/h8-9H,4-7H2,1-3H3,(H,15,19). The lowest BCUT2D eigenvalue weighted by atomic mass is 10.3. The molecule has 19 heavy (non-hydrogen) atoms. The quantitative estimate of drug-likeness (QED) is 0.864. The Labute approximate surface area is 122 Å². The van der Waals surface area contributed by atoms with Crippen molar-refractivity contribution in [3.05, 3.63) is 22.4 Å². The minimum Gasteiger partial charge on any atom is -0.350 e. The Bertz CT molecular complexity index is 453. The molecule has 0 aliphatic carbocycles. The summed E-state index contributed by atoms with van der Waals surface area (Å²) in [5, 5.41) is 2.76. The van der Waals surface area contributed by atoms with Gasteiger partial charge in [-0.25, -0.2) is 0 Å². The van der Waals surface area contributed by atoms with Crippen LogP contribution in [-0.2, 0) is 11.8 Å². The Balaban J connectivity index is 2.43. The highest BCUT2D eigenvalue weighted by Gasteiger charge is 2.13. The predicted molar refractivity (Wildman–Crippen MR) is 78.0 cm³/mol. The second kappa shape index (κ2) is 7.33. The smallest absolute Gasteiger partial charge is 0.267 e. The van der Waals surface area contributed by atoms with Crippen LogP contribution in [0.4, 0.5) is 0 Å². The topological polar surface area (TPSA) is 54.3 Å². The molecule has 0 fully saturated rings. The molecule has 0 saturated carbocycles. The van der Waals surface area contributed by atoms with Gasteiger partial charge in [-0.15, -0.1) is 0 Å². The van der Waals surface area contributed by atoms with Gasteiger partial charge in [-0.05, 0) is 35.8 Å². The number of halogens is 1. The Morgan fingerprint density at radius 1 is 1.37 bits per heavy atom. The van der Waals surface area contributed by atoms with Crippen molar-refractivity contribution >= 4 is 27.7 Å². The van der Waals surface area contributed by atoms with Crippen molar-refractivity contribution in [2.45, 2.75) is 20.3 Å². The average molecular weight is 330 g/mol. The second-order valence-corrected chi connectivity index (χ2v) is 5.14. The van der Waals surface area contributed by atoms with Crippen LogP contribution in [0.1, 0.15) is 30.8 Å². The Kier molecular flexibility index (Phi) is 6.08. The van der Waals surface area contributed by atoms with Crippen LogP contribution in [0, 0.1) is 0 Å². The number of aryl methyl sites for hydroxylation is 1. The molecule has 1 N–H and O–H groups in total. The lowest BCUT2D eigenvalue weighted by molar-refractivity contribution is -0.130. The molecular weight excluding hydrogens is 310 g/mol. The Hall–Kier alpha value is -1.30. The van der Waals surface area contributed by atoms with E-state index in [-0.39, 0.29) is 11.8 Å². The molecule has 2 amide bonds. The summed E-state index contributed by atoms with van der Waals surface area (Å²) in [6.45, 7) is 5.65. The van der Waals surface area contributed by atoms with Crippen molar-refractivity contribution in [3.8, 4) is 0 Å². The third-order valence-corrected chi connectivity index (χ3v) is 3.38. The van der Waals surface area contributed by atoms with E-state index in [9.17, 15) is 9.59 Å². The van der Waals surface area contributed by atoms with Crippen molar-refractivity contribution in [2.24, 2.45) is 7.05 Å². The van der Waals surface area contributed by atoms with E-state index in [1.807, 2.05) is 20.0 Å². The lowest BCUT2D eigenvalue weighted by Crippen LogP contribution is -2.34. The first-order valence-corrected chi connectivity index (χ1v) is 7.16. The molecule has 0 unspecified atom stereocenters. The number of rotatable bonds is 6. The van der Waals surface area contributed by atoms with Crippen molar-refractivity contribution < 1.29 is 9.59 Å². The van der Waals surface area contributed by atoms with E-state index in [4.69, 9.17) is 0 Å². The summed E-state index contributed by atoms with van der Waals surface area (Å²) in [5.74, 6) is -0.0982. The number of carbonyl (C=O) groups excluding carboxylic acids is 2. The van der Waals surface area contributed by atoms with Gasteiger partial charge in [0.05, 0.1) is 0 Å². The van der Waals surface area contributed by atoms with Crippen LogP contribution < -0.4 is 5.32 Å². The van der Waals surface area contributed by atoms with E-state index in [2.05, 4.69) is 21.2 Å². The van der Waals surface area contributed by atoms with Gasteiger partial charge in [0.2, 0.25) is 5.91 Å². The lowest BCUT2D eigenvalue weighted by Gasteiger charge is -2.18. The normalized spacial score (nSPS) is 10.3. The van der Waals surface area contributed by atoms with Crippen molar-refractivity contribution in [2.75, 3.05) is 19.6 Å². The van der Waals surface area contributed by atoms with E-state index >= 15 is 0 Å². The van der Waals surface area contributed by atoms with Gasteiger partial charge in [-0.3, -0.25) is 9.59 Å². The van der Waals surface area contributed by atoms with E-state index in [1.54, 1.807) is 22.6 Å². The molecule has 0 bridgehead atoms. The van der Waals surface area contributed by atoms with Crippen LogP contribution >= 0.6 is 15.9 Å². The summed E-state index contributed by atoms with van der Waals surface area (Å²) in [6, 6.07) is 1.75. The number of aromatic nitrogens is 1. The summed E-state index contributed by atoms with van der Waals surface area (Å²) < 4.78 is 2.60. The summed E-state index contributed by atoms with van der Waals surface area (Å²) in [7, 11) is 1.81. The van der Waals surface area contributed by atoms with Gasteiger partial charge in [-0.2, -0.15) is 0 Å². The third kappa shape index (κ3) is 4.38. The van der Waals surface area contributed by atoms with Gasteiger partial charge in [-0.1, -0.05) is 0 Å². The van der Waals surface area contributed by atoms with Gasteiger partial charge in [0, 0.05) is 43.8 Å². The molecule has 1 aromatic heterocycles. The summed E-state index contributed by atoms with van der Waals surface area (Å²) >= 11 is 3.32. The molecule has 1 aromatic rings. The molecule has 0 spiro atoms. The number of amides is 2. The zero-order valence-electron chi connectivity index (χ0n) is 11.6. The number of nitrogens with zero attached hydrogens (tertiary/aromatic N) is 2. The first-order valence-electron chi connectivity index (χ1n) is 6.37. The number of hydrogen-bond donors (Lipinski definition) is 1. The molecule has 0 radical (unpaired) electrons. The molecule has 6 heteroatoms. The predicted octanol–water partition coefficient (Wildman–Crippen LogP) is 1.78. The van der Waals surface area contributed by atoms with Gasteiger partial charge in [0.1, 0.15) is 5.69 Å². The fourth-order valence-corrected chi connectivity index (χ4v) is 2.38. The monoisotopic (exact) mass is 329 g/mol. The van der Waals surface area contributed by atoms with Crippen LogP contribution in [0.25, 0.3) is 0 Å². The van der Waals surface area contributed by atoms with E-state index < -0.39 is 0 Å². The first kappa shape index (κ1) is 15.8. The summed E-state index contributed by atoms with van der Waals surface area (Å²) in [5.41, 5.74) is 0.571. The maximum absolute atomic E-state index is 11.9.